The number of ether oxygens (including phenoxy) is 2. The summed E-state index contributed by atoms with van der Waals surface area (Å²) in [6.07, 6.45) is 3.69. The van der Waals surface area contributed by atoms with Gasteiger partial charge in [0.15, 0.2) is 11.5 Å². The number of hydrogen-bond acceptors (Lipinski definition) is 4. The highest BCUT2D eigenvalue weighted by molar-refractivity contribution is 5.92. The molecule has 2 atom stereocenters. The van der Waals surface area contributed by atoms with Crippen molar-refractivity contribution in [3.63, 3.8) is 0 Å². The number of carbonyl (C=O) groups is 2. The van der Waals surface area contributed by atoms with Gasteiger partial charge in [0.05, 0.1) is 26.1 Å². The standard InChI is InChI=1S/C20H26N2O4/c1-25-17-9-13-5-8-22(12-14(13)10-18(17)26-2)20(24)16-11-15(16)19(23)21-6-3-4-7-21/h9-10,15-16H,3-8,11-12H2,1-2H3. The van der Waals surface area contributed by atoms with Crippen molar-refractivity contribution in [1.82, 2.24) is 9.80 Å². The average Bonchev–Trinajstić information content (AvgIpc) is 3.29. The average molecular weight is 358 g/mol. The van der Waals surface area contributed by atoms with E-state index in [9.17, 15) is 9.59 Å². The summed E-state index contributed by atoms with van der Waals surface area (Å²) in [4.78, 5) is 29.2. The molecule has 140 valence electrons. The topological polar surface area (TPSA) is 59.1 Å². The number of methoxy groups -OCH3 is 2. The van der Waals surface area contributed by atoms with Crippen LogP contribution < -0.4 is 9.47 Å². The van der Waals surface area contributed by atoms with Gasteiger partial charge in [-0.1, -0.05) is 0 Å². The van der Waals surface area contributed by atoms with E-state index in [4.69, 9.17) is 9.47 Å². The maximum absolute atomic E-state index is 12.9. The molecule has 1 aromatic carbocycles. The molecule has 2 aliphatic heterocycles. The van der Waals surface area contributed by atoms with Gasteiger partial charge in [-0.15, -0.1) is 0 Å². The molecular formula is C20H26N2O4. The van der Waals surface area contributed by atoms with Gasteiger partial charge in [0.1, 0.15) is 0 Å². The van der Waals surface area contributed by atoms with Crippen molar-refractivity contribution < 1.29 is 19.1 Å². The molecule has 0 bridgehead atoms. The van der Waals surface area contributed by atoms with Gasteiger partial charge >= 0.3 is 0 Å². The Balaban J connectivity index is 1.42. The molecule has 6 nitrogen and oxygen atoms in total. The summed E-state index contributed by atoms with van der Waals surface area (Å²) >= 11 is 0. The number of nitrogens with zero attached hydrogens (tertiary/aromatic N) is 2. The number of likely N-dealkylation sites (tertiary alicyclic amines) is 1. The Morgan fingerprint density at radius 1 is 0.885 bits per heavy atom. The van der Waals surface area contributed by atoms with Gasteiger partial charge in [-0.2, -0.15) is 0 Å². The van der Waals surface area contributed by atoms with Crippen molar-refractivity contribution in [2.75, 3.05) is 33.9 Å². The van der Waals surface area contributed by atoms with Gasteiger partial charge < -0.3 is 19.3 Å². The fourth-order valence-electron chi connectivity index (χ4n) is 4.22. The molecule has 1 saturated carbocycles. The van der Waals surface area contributed by atoms with Crippen LogP contribution in [-0.2, 0) is 22.6 Å². The van der Waals surface area contributed by atoms with E-state index in [-0.39, 0.29) is 23.7 Å². The van der Waals surface area contributed by atoms with Gasteiger partial charge in [-0.3, -0.25) is 9.59 Å². The largest absolute Gasteiger partial charge is 0.493 e. The summed E-state index contributed by atoms with van der Waals surface area (Å²) < 4.78 is 10.8. The first-order valence-corrected chi connectivity index (χ1v) is 9.43. The molecule has 0 spiro atoms. The summed E-state index contributed by atoms with van der Waals surface area (Å²) in [7, 11) is 3.25. The smallest absolute Gasteiger partial charge is 0.226 e. The van der Waals surface area contributed by atoms with E-state index < -0.39 is 0 Å². The van der Waals surface area contributed by atoms with Crippen LogP contribution in [0.1, 0.15) is 30.4 Å². The van der Waals surface area contributed by atoms with Gasteiger partial charge in [-0.25, -0.2) is 0 Å². The molecule has 0 N–H and O–H groups in total. The Kier molecular flexibility index (Phi) is 4.51. The Hall–Kier alpha value is -2.24. The molecule has 2 unspecified atom stereocenters. The third-order valence-corrected chi connectivity index (χ3v) is 5.87. The van der Waals surface area contributed by atoms with E-state index in [0.717, 1.165) is 43.7 Å². The van der Waals surface area contributed by atoms with E-state index in [1.807, 2.05) is 21.9 Å². The number of rotatable bonds is 4. The lowest BCUT2D eigenvalue weighted by molar-refractivity contribution is -0.138. The Morgan fingerprint density at radius 3 is 2.08 bits per heavy atom. The fraction of sp³-hybridized carbons (Fsp3) is 0.600. The van der Waals surface area contributed by atoms with Gasteiger partial charge in [0.25, 0.3) is 0 Å². The van der Waals surface area contributed by atoms with Gasteiger partial charge in [-0.05, 0) is 48.9 Å². The van der Waals surface area contributed by atoms with E-state index in [1.54, 1.807) is 14.2 Å². The summed E-state index contributed by atoms with van der Waals surface area (Å²) in [5, 5.41) is 0. The fourth-order valence-corrected chi connectivity index (χ4v) is 4.22. The highest BCUT2D eigenvalue weighted by Crippen LogP contribution is 2.43. The minimum absolute atomic E-state index is 0.0904. The highest BCUT2D eigenvalue weighted by Gasteiger charge is 2.51. The van der Waals surface area contributed by atoms with Crippen LogP contribution in [0.3, 0.4) is 0 Å². The second-order valence-electron chi connectivity index (χ2n) is 7.47. The lowest BCUT2D eigenvalue weighted by Gasteiger charge is -2.30. The normalized spacial score (nSPS) is 24.2. The quantitative estimate of drug-likeness (QED) is 0.824. The maximum atomic E-state index is 12.9. The molecule has 1 aliphatic carbocycles. The first-order chi connectivity index (χ1) is 12.6. The second-order valence-corrected chi connectivity index (χ2v) is 7.47. The predicted molar refractivity (Wildman–Crippen MR) is 96.1 cm³/mol. The van der Waals surface area contributed by atoms with Crippen LogP contribution in [0, 0.1) is 11.8 Å². The first kappa shape index (κ1) is 17.2. The summed E-state index contributed by atoms with van der Waals surface area (Å²) in [5.74, 6) is 1.52. The van der Waals surface area contributed by atoms with Crippen molar-refractivity contribution in [1.29, 1.82) is 0 Å². The Bertz CT molecular complexity index is 727. The molecule has 2 heterocycles. The van der Waals surface area contributed by atoms with Crippen molar-refractivity contribution in [3.05, 3.63) is 23.3 Å². The van der Waals surface area contributed by atoms with E-state index in [2.05, 4.69) is 0 Å². The number of hydrogen-bond donors (Lipinski definition) is 0. The number of benzene rings is 1. The Morgan fingerprint density at radius 2 is 1.46 bits per heavy atom. The lowest BCUT2D eigenvalue weighted by atomic mass is 9.98. The minimum atomic E-state index is -0.121. The molecule has 1 saturated heterocycles. The summed E-state index contributed by atoms with van der Waals surface area (Å²) in [5.41, 5.74) is 2.30. The molecule has 26 heavy (non-hydrogen) atoms. The van der Waals surface area contributed by atoms with Crippen LogP contribution in [0.25, 0.3) is 0 Å². The molecule has 1 aromatic rings. The van der Waals surface area contributed by atoms with Crippen molar-refractivity contribution >= 4 is 11.8 Å². The zero-order chi connectivity index (χ0) is 18.3. The predicted octanol–water partition coefficient (Wildman–Crippen LogP) is 1.85. The molecule has 0 aromatic heterocycles. The van der Waals surface area contributed by atoms with Crippen LogP contribution >= 0.6 is 0 Å². The summed E-state index contributed by atoms with van der Waals surface area (Å²) in [6.45, 7) is 2.99. The van der Waals surface area contributed by atoms with E-state index >= 15 is 0 Å². The number of amides is 2. The van der Waals surface area contributed by atoms with E-state index in [1.165, 1.54) is 5.56 Å². The Labute approximate surface area is 154 Å². The first-order valence-electron chi connectivity index (χ1n) is 9.43. The third-order valence-electron chi connectivity index (χ3n) is 5.87. The SMILES string of the molecule is COc1cc2c(cc1OC)CN(C(=O)C1CC1C(=O)N1CCCC1)CC2. The van der Waals surface area contributed by atoms with Crippen molar-refractivity contribution in [2.24, 2.45) is 11.8 Å². The third kappa shape index (κ3) is 3.02. The molecule has 3 aliphatic rings. The van der Waals surface area contributed by atoms with Gasteiger partial charge in [0, 0.05) is 26.2 Å². The van der Waals surface area contributed by atoms with Crippen molar-refractivity contribution in [2.45, 2.75) is 32.2 Å². The summed E-state index contributed by atoms with van der Waals surface area (Å²) in [6, 6.07) is 3.97. The molecule has 6 heteroatoms. The number of fused-ring (bicyclic) bond motifs is 1. The molecule has 2 fully saturated rings. The van der Waals surface area contributed by atoms with Crippen molar-refractivity contribution in [3.8, 4) is 11.5 Å². The van der Waals surface area contributed by atoms with Crippen LogP contribution in [0.2, 0.25) is 0 Å². The van der Waals surface area contributed by atoms with Crippen LogP contribution in [0.4, 0.5) is 0 Å². The zero-order valence-corrected chi connectivity index (χ0v) is 15.5. The highest BCUT2D eigenvalue weighted by atomic mass is 16.5. The molecular weight excluding hydrogens is 332 g/mol. The minimum Gasteiger partial charge on any atom is -0.493 e. The van der Waals surface area contributed by atoms with E-state index in [0.29, 0.717) is 25.3 Å². The molecule has 2 amide bonds. The molecule has 4 rings (SSSR count). The zero-order valence-electron chi connectivity index (χ0n) is 15.5. The van der Waals surface area contributed by atoms with Gasteiger partial charge in [0.2, 0.25) is 11.8 Å². The number of carbonyl (C=O) groups excluding carboxylic acids is 2. The second kappa shape index (κ2) is 6.82. The van der Waals surface area contributed by atoms with Crippen LogP contribution in [0.15, 0.2) is 12.1 Å². The monoisotopic (exact) mass is 358 g/mol. The van der Waals surface area contributed by atoms with Crippen LogP contribution in [-0.4, -0.2) is 55.5 Å². The lowest BCUT2D eigenvalue weighted by Crippen LogP contribution is -2.38. The molecule has 0 radical (unpaired) electrons. The maximum Gasteiger partial charge on any atom is 0.226 e. The van der Waals surface area contributed by atoms with Crippen LogP contribution in [0.5, 0.6) is 11.5 Å².